The summed E-state index contributed by atoms with van der Waals surface area (Å²) in [6, 6.07) is 9.93. The molecule has 1 fully saturated rings. The first-order valence-electron chi connectivity index (χ1n) is 8.29. The first-order chi connectivity index (χ1) is 10.6. The van der Waals surface area contributed by atoms with Crippen molar-refractivity contribution >= 4 is 5.91 Å². The second-order valence-corrected chi connectivity index (χ2v) is 6.49. The largest absolute Gasteiger partial charge is 0.394 e. The van der Waals surface area contributed by atoms with Crippen LogP contribution in [0.25, 0.3) is 0 Å². The summed E-state index contributed by atoms with van der Waals surface area (Å²) in [5.74, 6) is 0.510. The molecule has 22 heavy (non-hydrogen) atoms. The first-order valence-corrected chi connectivity index (χ1v) is 8.29. The molecule has 0 aliphatic carbocycles. The molecule has 0 unspecified atom stereocenters. The summed E-state index contributed by atoms with van der Waals surface area (Å²) < 4.78 is 0. The number of nitrogens with one attached hydrogen (secondary N) is 1. The Bertz CT molecular complexity index is 453. The normalized spacial score (nSPS) is 18.4. The standard InChI is InChI=1S/C18H28N2O2/c1-14(2)20-10-8-15(9-11-20)12-18(22)19-17(13-21)16-6-4-3-5-7-16/h3-7,14-15,17,21H,8-13H2,1-2H3,(H,19,22)/t17-/m1/s1. The molecule has 0 spiro atoms. The molecule has 1 atom stereocenters. The van der Waals surface area contributed by atoms with Gasteiger partial charge in [0.1, 0.15) is 0 Å². The van der Waals surface area contributed by atoms with Gasteiger partial charge in [0.25, 0.3) is 0 Å². The highest BCUT2D eigenvalue weighted by molar-refractivity contribution is 5.76. The number of piperidine rings is 1. The number of rotatable bonds is 6. The van der Waals surface area contributed by atoms with Crippen LogP contribution in [0.3, 0.4) is 0 Å². The number of benzene rings is 1. The minimum Gasteiger partial charge on any atom is -0.394 e. The van der Waals surface area contributed by atoms with Gasteiger partial charge in [-0.1, -0.05) is 30.3 Å². The SMILES string of the molecule is CC(C)N1CCC(CC(=O)N[C@H](CO)c2ccccc2)CC1. The Morgan fingerprint density at radius 3 is 2.45 bits per heavy atom. The fourth-order valence-corrected chi connectivity index (χ4v) is 3.11. The van der Waals surface area contributed by atoms with E-state index in [1.165, 1.54) is 0 Å². The summed E-state index contributed by atoms with van der Waals surface area (Å²) in [6.07, 6.45) is 2.73. The topological polar surface area (TPSA) is 52.6 Å². The van der Waals surface area contributed by atoms with E-state index in [9.17, 15) is 9.90 Å². The summed E-state index contributed by atoms with van der Waals surface area (Å²) in [5.41, 5.74) is 0.952. The summed E-state index contributed by atoms with van der Waals surface area (Å²) in [5, 5.41) is 12.5. The molecule has 2 rings (SSSR count). The lowest BCUT2D eigenvalue weighted by molar-refractivity contribution is -0.123. The lowest BCUT2D eigenvalue weighted by atomic mass is 9.92. The van der Waals surface area contributed by atoms with Crippen LogP contribution in [-0.4, -0.2) is 41.7 Å². The Morgan fingerprint density at radius 1 is 1.27 bits per heavy atom. The molecule has 1 aromatic carbocycles. The van der Waals surface area contributed by atoms with Crippen LogP contribution in [-0.2, 0) is 4.79 Å². The third-order valence-electron chi connectivity index (χ3n) is 4.57. The van der Waals surface area contributed by atoms with Crippen LogP contribution in [0.1, 0.15) is 44.7 Å². The van der Waals surface area contributed by atoms with Crippen LogP contribution in [0, 0.1) is 5.92 Å². The molecule has 1 aliphatic heterocycles. The first kappa shape index (κ1) is 17.0. The van der Waals surface area contributed by atoms with Crippen LogP contribution in [0.5, 0.6) is 0 Å². The zero-order valence-electron chi connectivity index (χ0n) is 13.7. The molecule has 1 saturated heterocycles. The minimum atomic E-state index is -0.301. The highest BCUT2D eigenvalue weighted by atomic mass is 16.3. The molecule has 4 nitrogen and oxygen atoms in total. The van der Waals surface area contributed by atoms with Gasteiger partial charge in [-0.3, -0.25) is 4.79 Å². The van der Waals surface area contributed by atoms with Crippen LogP contribution >= 0.6 is 0 Å². The summed E-state index contributed by atoms with van der Waals surface area (Å²) in [6.45, 7) is 6.54. The highest BCUT2D eigenvalue weighted by Crippen LogP contribution is 2.22. The third-order valence-corrected chi connectivity index (χ3v) is 4.57. The maximum Gasteiger partial charge on any atom is 0.220 e. The molecule has 0 radical (unpaired) electrons. The van der Waals surface area contributed by atoms with Gasteiger partial charge in [0.05, 0.1) is 12.6 Å². The van der Waals surface area contributed by atoms with Gasteiger partial charge in [0.15, 0.2) is 0 Å². The van der Waals surface area contributed by atoms with Gasteiger partial charge >= 0.3 is 0 Å². The Labute approximate surface area is 133 Å². The van der Waals surface area contributed by atoms with Crippen molar-refractivity contribution in [2.45, 2.75) is 45.2 Å². The number of hydrogen-bond acceptors (Lipinski definition) is 3. The average Bonchev–Trinajstić information content (AvgIpc) is 2.54. The van der Waals surface area contributed by atoms with Crippen LogP contribution < -0.4 is 5.32 Å². The smallest absolute Gasteiger partial charge is 0.220 e. The fourth-order valence-electron chi connectivity index (χ4n) is 3.11. The monoisotopic (exact) mass is 304 g/mol. The maximum absolute atomic E-state index is 12.2. The number of aliphatic hydroxyl groups excluding tert-OH is 1. The number of likely N-dealkylation sites (tertiary alicyclic amines) is 1. The van der Waals surface area contributed by atoms with Gasteiger partial charge in [-0.15, -0.1) is 0 Å². The van der Waals surface area contributed by atoms with Crippen molar-refractivity contribution in [3.63, 3.8) is 0 Å². The fraction of sp³-hybridized carbons (Fsp3) is 0.611. The van der Waals surface area contributed by atoms with Crippen molar-refractivity contribution in [1.29, 1.82) is 0 Å². The van der Waals surface area contributed by atoms with Crippen LogP contribution in [0.2, 0.25) is 0 Å². The zero-order valence-corrected chi connectivity index (χ0v) is 13.7. The molecule has 122 valence electrons. The van der Waals surface area contributed by atoms with Crippen molar-refractivity contribution in [3.05, 3.63) is 35.9 Å². The van der Waals surface area contributed by atoms with Crippen molar-refractivity contribution in [3.8, 4) is 0 Å². The van der Waals surface area contributed by atoms with Gasteiger partial charge in [-0.05, 0) is 51.3 Å². The molecule has 0 aromatic heterocycles. The van der Waals surface area contributed by atoms with Crippen LogP contribution in [0.15, 0.2) is 30.3 Å². The number of nitrogens with zero attached hydrogens (tertiary/aromatic N) is 1. The molecular weight excluding hydrogens is 276 g/mol. The molecule has 1 amide bonds. The molecule has 2 N–H and O–H groups in total. The molecule has 1 heterocycles. The minimum absolute atomic E-state index is 0.0471. The van der Waals surface area contributed by atoms with E-state index in [-0.39, 0.29) is 18.6 Å². The van der Waals surface area contributed by atoms with Gasteiger partial charge in [-0.25, -0.2) is 0 Å². The average molecular weight is 304 g/mol. The predicted molar refractivity (Wildman–Crippen MR) is 88.5 cm³/mol. The molecule has 0 saturated carbocycles. The second kappa shape index (κ2) is 8.30. The lowest BCUT2D eigenvalue weighted by Gasteiger charge is -2.34. The summed E-state index contributed by atoms with van der Waals surface area (Å²) >= 11 is 0. The molecule has 4 heteroatoms. The number of amides is 1. The Kier molecular flexibility index (Phi) is 6.40. The van der Waals surface area contributed by atoms with Crippen molar-refractivity contribution in [2.24, 2.45) is 5.92 Å². The van der Waals surface area contributed by atoms with E-state index >= 15 is 0 Å². The lowest BCUT2D eigenvalue weighted by Crippen LogP contribution is -2.40. The van der Waals surface area contributed by atoms with Crippen molar-refractivity contribution < 1.29 is 9.90 Å². The van der Waals surface area contributed by atoms with E-state index in [0.717, 1.165) is 31.5 Å². The van der Waals surface area contributed by atoms with E-state index in [2.05, 4.69) is 24.1 Å². The van der Waals surface area contributed by atoms with Crippen molar-refractivity contribution in [2.75, 3.05) is 19.7 Å². The van der Waals surface area contributed by atoms with Gasteiger partial charge in [-0.2, -0.15) is 0 Å². The van der Waals surface area contributed by atoms with Gasteiger partial charge < -0.3 is 15.3 Å². The predicted octanol–water partition coefficient (Wildman–Crippen LogP) is 2.35. The number of carbonyl (C=O) groups excluding carboxylic acids is 1. The Balaban J connectivity index is 1.80. The molecule has 1 aliphatic rings. The van der Waals surface area contributed by atoms with Gasteiger partial charge in [0.2, 0.25) is 5.91 Å². The quantitative estimate of drug-likeness (QED) is 0.848. The van der Waals surface area contributed by atoms with Crippen molar-refractivity contribution in [1.82, 2.24) is 10.2 Å². The molecule has 0 bridgehead atoms. The summed E-state index contributed by atoms with van der Waals surface area (Å²) in [4.78, 5) is 14.7. The maximum atomic E-state index is 12.2. The van der Waals surface area contributed by atoms with Gasteiger partial charge in [0, 0.05) is 12.5 Å². The van der Waals surface area contributed by atoms with E-state index in [1.54, 1.807) is 0 Å². The zero-order chi connectivity index (χ0) is 15.9. The number of hydrogen-bond donors (Lipinski definition) is 2. The van der Waals surface area contributed by atoms with E-state index in [4.69, 9.17) is 0 Å². The Morgan fingerprint density at radius 2 is 1.91 bits per heavy atom. The van der Waals surface area contributed by atoms with Crippen LogP contribution in [0.4, 0.5) is 0 Å². The number of carbonyl (C=O) groups is 1. The number of aliphatic hydroxyl groups is 1. The van der Waals surface area contributed by atoms with E-state index in [1.807, 2.05) is 30.3 Å². The molecule has 1 aromatic rings. The highest BCUT2D eigenvalue weighted by Gasteiger charge is 2.23. The van der Waals surface area contributed by atoms with E-state index < -0.39 is 0 Å². The second-order valence-electron chi connectivity index (χ2n) is 6.49. The molecular formula is C18H28N2O2. The summed E-state index contributed by atoms with van der Waals surface area (Å²) in [7, 11) is 0. The third kappa shape index (κ3) is 4.82. The van der Waals surface area contributed by atoms with E-state index in [0.29, 0.717) is 18.4 Å². The Hall–Kier alpha value is -1.39.